The summed E-state index contributed by atoms with van der Waals surface area (Å²) in [6, 6.07) is 21.6. The SMILES string of the molecule is COc1ccc(C(Cc2ccccc2)[NH2+]CC(O)COc2cccc3[nH]c(=O)[nH]c23)cc1OC. The lowest BCUT2D eigenvalue weighted by Crippen LogP contribution is -2.88. The minimum Gasteiger partial charge on any atom is -0.493 e. The summed E-state index contributed by atoms with van der Waals surface area (Å²) in [4.78, 5) is 17.0. The third kappa shape index (κ3) is 5.59. The highest BCUT2D eigenvalue weighted by molar-refractivity contribution is 5.80. The second-order valence-electron chi connectivity index (χ2n) is 8.10. The molecule has 178 valence electrons. The number of aromatic amines is 2. The molecule has 0 amide bonds. The molecule has 0 spiro atoms. The van der Waals surface area contributed by atoms with Crippen LogP contribution in [0.2, 0.25) is 0 Å². The molecule has 8 heteroatoms. The van der Waals surface area contributed by atoms with Crippen molar-refractivity contribution >= 4 is 11.0 Å². The van der Waals surface area contributed by atoms with Gasteiger partial charge in [-0.15, -0.1) is 0 Å². The van der Waals surface area contributed by atoms with Crippen LogP contribution in [0.25, 0.3) is 11.0 Å². The summed E-state index contributed by atoms with van der Waals surface area (Å²) >= 11 is 0. The van der Waals surface area contributed by atoms with E-state index >= 15 is 0 Å². The molecule has 5 N–H and O–H groups in total. The molecule has 0 aliphatic rings. The predicted octanol–water partition coefficient (Wildman–Crippen LogP) is 2.16. The van der Waals surface area contributed by atoms with E-state index in [2.05, 4.69) is 27.4 Å². The Labute approximate surface area is 197 Å². The number of imidazole rings is 1. The van der Waals surface area contributed by atoms with Crippen molar-refractivity contribution in [3.63, 3.8) is 0 Å². The van der Waals surface area contributed by atoms with E-state index in [1.54, 1.807) is 32.4 Å². The highest BCUT2D eigenvalue weighted by Gasteiger charge is 2.20. The Bertz CT molecular complexity index is 1270. The molecular weight excluding hydrogens is 434 g/mol. The quantitative estimate of drug-likeness (QED) is 0.272. The number of aromatic nitrogens is 2. The van der Waals surface area contributed by atoms with E-state index in [-0.39, 0.29) is 18.3 Å². The number of fused-ring (bicyclic) bond motifs is 1. The van der Waals surface area contributed by atoms with Crippen LogP contribution in [-0.4, -0.2) is 48.5 Å². The molecular formula is C26H30N3O5+. The van der Waals surface area contributed by atoms with Crippen molar-refractivity contribution in [1.29, 1.82) is 0 Å². The zero-order valence-electron chi connectivity index (χ0n) is 19.3. The highest BCUT2D eigenvalue weighted by atomic mass is 16.5. The Hall–Kier alpha value is -3.75. The van der Waals surface area contributed by atoms with Crippen molar-refractivity contribution in [2.75, 3.05) is 27.4 Å². The Morgan fingerprint density at radius 3 is 2.47 bits per heavy atom. The van der Waals surface area contributed by atoms with Gasteiger partial charge in [0.15, 0.2) is 11.5 Å². The molecule has 0 radical (unpaired) electrons. The molecule has 0 bridgehead atoms. The summed E-state index contributed by atoms with van der Waals surface area (Å²) in [5, 5.41) is 12.8. The average Bonchev–Trinajstić information content (AvgIpc) is 3.26. The van der Waals surface area contributed by atoms with Gasteiger partial charge in [0.05, 0.1) is 19.7 Å². The number of hydrogen-bond acceptors (Lipinski definition) is 5. The fourth-order valence-electron chi connectivity index (χ4n) is 4.02. The lowest BCUT2D eigenvalue weighted by molar-refractivity contribution is -0.701. The van der Waals surface area contributed by atoms with Gasteiger partial charge in [-0.25, -0.2) is 4.79 Å². The molecule has 4 rings (SSSR count). The molecule has 34 heavy (non-hydrogen) atoms. The van der Waals surface area contributed by atoms with Gasteiger partial charge in [-0.05, 0) is 35.9 Å². The Morgan fingerprint density at radius 2 is 1.71 bits per heavy atom. The number of hydrogen-bond donors (Lipinski definition) is 4. The summed E-state index contributed by atoms with van der Waals surface area (Å²) in [7, 11) is 3.24. The smallest absolute Gasteiger partial charge is 0.323 e. The van der Waals surface area contributed by atoms with E-state index in [0.717, 1.165) is 12.0 Å². The van der Waals surface area contributed by atoms with Crippen molar-refractivity contribution in [2.45, 2.75) is 18.6 Å². The number of benzene rings is 3. The molecule has 8 nitrogen and oxygen atoms in total. The van der Waals surface area contributed by atoms with Crippen LogP contribution in [0, 0.1) is 0 Å². The number of H-pyrrole nitrogens is 2. The molecule has 3 aromatic carbocycles. The molecule has 2 atom stereocenters. The van der Waals surface area contributed by atoms with Crippen LogP contribution in [-0.2, 0) is 6.42 Å². The summed E-state index contributed by atoms with van der Waals surface area (Å²) in [6.07, 6.45) is 0.0766. The minimum atomic E-state index is -0.709. The van der Waals surface area contributed by atoms with Crippen LogP contribution in [0.5, 0.6) is 17.2 Å². The van der Waals surface area contributed by atoms with E-state index in [9.17, 15) is 9.90 Å². The van der Waals surface area contributed by atoms with Gasteiger partial charge in [0.25, 0.3) is 0 Å². The van der Waals surface area contributed by atoms with Gasteiger partial charge in [0, 0.05) is 12.0 Å². The van der Waals surface area contributed by atoms with E-state index in [0.29, 0.717) is 34.8 Å². The maximum Gasteiger partial charge on any atom is 0.323 e. The maximum absolute atomic E-state index is 11.6. The van der Waals surface area contributed by atoms with Crippen molar-refractivity contribution in [3.8, 4) is 17.2 Å². The third-order valence-electron chi connectivity index (χ3n) is 5.77. The summed E-state index contributed by atoms with van der Waals surface area (Å²) < 4.78 is 16.7. The number of nitrogens with one attached hydrogen (secondary N) is 2. The average molecular weight is 465 g/mol. The zero-order valence-corrected chi connectivity index (χ0v) is 19.3. The molecule has 2 unspecified atom stereocenters. The number of aliphatic hydroxyl groups excluding tert-OH is 1. The number of ether oxygens (including phenoxy) is 3. The highest BCUT2D eigenvalue weighted by Crippen LogP contribution is 2.30. The standard InChI is InChI=1S/C26H29N3O5/c1-32-22-12-11-18(14-24(22)33-2)21(13-17-7-4-3-5-8-17)27-15-19(30)16-34-23-10-6-9-20-25(23)29-26(31)28-20/h3-12,14,19,21,27,30H,13,15-16H2,1-2H3,(H2,28,29,31)/p+1. The number of quaternary nitrogens is 1. The van der Waals surface area contributed by atoms with Crippen molar-refractivity contribution in [1.82, 2.24) is 9.97 Å². The van der Waals surface area contributed by atoms with Crippen LogP contribution < -0.4 is 25.2 Å². The van der Waals surface area contributed by atoms with Crippen molar-refractivity contribution in [3.05, 3.63) is 88.3 Å². The monoisotopic (exact) mass is 464 g/mol. The Morgan fingerprint density at radius 1 is 0.912 bits per heavy atom. The van der Waals surface area contributed by atoms with Gasteiger partial charge in [-0.2, -0.15) is 0 Å². The van der Waals surface area contributed by atoms with E-state index in [4.69, 9.17) is 14.2 Å². The van der Waals surface area contributed by atoms with E-state index in [1.165, 1.54) is 5.56 Å². The Kier molecular flexibility index (Phi) is 7.51. The maximum atomic E-state index is 11.6. The second-order valence-corrected chi connectivity index (χ2v) is 8.10. The molecule has 0 fully saturated rings. The molecule has 0 aliphatic carbocycles. The second kappa shape index (κ2) is 10.9. The largest absolute Gasteiger partial charge is 0.493 e. The molecule has 0 saturated heterocycles. The lowest BCUT2D eigenvalue weighted by atomic mass is 9.98. The molecule has 1 aromatic heterocycles. The first-order valence-electron chi connectivity index (χ1n) is 11.2. The number of methoxy groups -OCH3 is 2. The summed E-state index contributed by atoms with van der Waals surface area (Å²) in [5.74, 6) is 1.87. The fraction of sp³-hybridized carbons (Fsp3) is 0.269. The zero-order chi connectivity index (χ0) is 23.9. The van der Waals surface area contributed by atoms with Gasteiger partial charge in [-0.3, -0.25) is 0 Å². The van der Waals surface area contributed by atoms with Gasteiger partial charge < -0.3 is 34.6 Å². The molecule has 1 heterocycles. The number of aliphatic hydroxyl groups is 1. The molecule has 0 saturated carbocycles. The number of para-hydroxylation sites is 1. The summed E-state index contributed by atoms with van der Waals surface area (Å²) in [6.45, 7) is 0.540. The molecule has 0 aliphatic heterocycles. The van der Waals surface area contributed by atoms with Crippen LogP contribution in [0.4, 0.5) is 0 Å². The summed E-state index contributed by atoms with van der Waals surface area (Å²) in [5.41, 5.74) is 3.24. The lowest BCUT2D eigenvalue weighted by Gasteiger charge is -2.20. The third-order valence-corrected chi connectivity index (χ3v) is 5.77. The van der Waals surface area contributed by atoms with Crippen LogP contribution >= 0.6 is 0 Å². The van der Waals surface area contributed by atoms with E-state index < -0.39 is 6.10 Å². The van der Waals surface area contributed by atoms with Crippen LogP contribution in [0.3, 0.4) is 0 Å². The van der Waals surface area contributed by atoms with Crippen LogP contribution in [0.15, 0.2) is 71.5 Å². The fourth-order valence-corrected chi connectivity index (χ4v) is 4.02. The number of nitrogens with two attached hydrogens (primary N) is 1. The van der Waals surface area contributed by atoms with Crippen LogP contribution in [0.1, 0.15) is 17.2 Å². The first kappa shape index (κ1) is 23.4. The van der Waals surface area contributed by atoms with Gasteiger partial charge in [0.2, 0.25) is 0 Å². The Balaban J connectivity index is 1.45. The number of rotatable bonds is 11. The first-order chi connectivity index (χ1) is 16.6. The first-order valence-corrected chi connectivity index (χ1v) is 11.2. The minimum absolute atomic E-state index is 0.0568. The van der Waals surface area contributed by atoms with Gasteiger partial charge in [0.1, 0.15) is 36.6 Å². The van der Waals surface area contributed by atoms with Gasteiger partial charge >= 0.3 is 5.69 Å². The van der Waals surface area contributed by atoms with Crippen molar-refractivity contribution < 1.29 is 24.6 Å². The normalized spacial score (nSPS) is 12.9. The van der Waals surface area contributed by atoms with E-state index in [1.807, 2.05) is 36.4 Å². The topological polar surface area (TPSA) is 113 Å². The van der Waals surface area contributed by atoms with Crippen molar-refractivity contribution in [2.24, 2.45) is 0 Å². The predicted molar refractivity (Wildman–Crippen MR) is 130 cm³/mol. The molecule has 4 aromatic rings. The van der Waals surface area contributed by atoms with Gasteiger partial charge in [-0.1, -0.05) is 36.4 Å².